The summed E-state index contributed by atoms with van der Waals surface area (Å²) >= 11 is 4.59. The van der Waals surface area contributed by atoms with Gasteiger partial charge in [0.1, 0.15) is 5.60 Å². The van der Waals surface area contributed by atoms with Gasteiger partial charge in [0.25, 0.3) is 0 Å². The van der Waals surface area contributed by atoms with E-state index in [9.17, 15) is 4.79 Å². The van der Waals surface area contributed by atoms with Gasteiger partial charge in [-0.3, -0.25) is 0 Å². The molecule has 1 aliphatic heterocycles. The van der Waals surface area contributed by atoms with Gasteiger partial charge in [-0.1, -0.05) is 0 Å². The number of amides is 1. The van der Waals surface area contributed by atoms with E-state index in [0.29, 0.717) is 19.5 Å². The fraction of sp³-hybridized carbons (Fsp3) is 0.917. The summed E-state index contributed by atoms with van der Waals surface area (Å²) in [5.74, 6) is 0. The highest BCUT2D eigenvalue weighted by molar-refractivity contribution is 7.81. The zero-order valence-corrected chi connectivity index (χ0v) is 11.8. The van der Waals surface area contributed by atoms with Gasteiger partial charge in [-0.15, -0.1) is 0 Å². The molecule has 17 heavy (non-hydrogen) atoms. The molecule has 1 fully saturated rings. The summed E-state index contributed by atoms with van der Waals surface area (Å²) in [5.41, 5.74) is -0.447. The summed E-state index contributed by atoms with van der Waals surface area (Å²) in [5, 5.41) is 8.96. The van der Waals surface area contributed by atoms with Crippen molar-refractivity contribution in [1.29, 1.82) is 0 Å². The number of thiol groups is 1. The standard InChI is InChI=1S/C12H23NO3S/c1-11(2,3)16-10(15)13-7-4-12(17,5-8-13)6-9-14/h14,17H,4-9H2,1-3H3. The number of nitrogens with zero attached hydrogens (tertiary/aromatic N) is 1. The minimum atomic E-state index is -0.447. The van der Waals surface area contributed by atoms with Crippen LogP contribution < -0.4 is 0 Å². The molecule has 0 unspecified atom stereocenters. The fourth-order valence-electron chi connectivity index (χ4n) is 1.89. The highest BCUT2D eigenvalue weighted by Crippen LogP contribution is 2.32. The smallest absolute Gasteiger partial charge is 0.410 e. The van der Waals surface area contributed by atoms with E-state index in [1.807, 2.05) is 20.8 Å². The molecule has 5 heteroatoms. The summed E-state index contributed by atoms with van der Waals surface area (Å²) in [6.45, 7) is 7.04. The van der Waals surface area contributed by atoms with Crippen LogP contribution in [0.2, 0.25) is 0 Å². The number of ether oxygens (including phenoxy) is 1. The summed E-state index contributed by atoms with van der Waals surface area (Å²) < 4.78 is 5.19. The van der Waals surface area contributed by atoms with Crippen molar-refractivity contribution < 1.29 is 14.6 Å². The number of hydrogen-bond donors (Lipinski definition) is 2. The number of hydrogen-bond acceptors (Lipinski definition) is 4. The Morgan fingerprint density at radius 1 is 1.41 bits per heavy atom. The lowest BCUT2D eigenvalue weighted by molar-refractivity contribution is 0.0192. The van der Waals surface area contributed by atoms with Crippen molar-refractivity contribution >= 4 is 18.7 Å². The monoisotopic (exact) mass is 261 g/mol. The fourth-order valence-corrected chi connectivity index (χ4v) is 2.19. The maximum atomic E-state index is 11.8. The molecular weight excluding hydrogens is 238 g/mol. The van der Waals surface area contributed by atoms with E-state index in [-0.39, 0.29) is 17.4 Å². The van der Waals surface area contributed by atoms with E-state index in [0.717, 1.165) is 12.8 Å². The molecule has 0 aromatic carbocycles. The van der Waals surface area contributed by atoms with Gasteiger partial charge < -0.3 is 14.7 Å². The molecule has 1 aliphatic rings. The van der Waals surface area contributed by atoms with Crippen molar-refractivity contribution in [2.45, 2.75) is 50.4 Å². The van der Waals surface area contributed by atoms with E-state index in [1.165, 1.54) is 0 Å². The van der Waals surface area contributed by atoms with Crippen LogP contribution in [0.4, 0.5) is 4.79 Å². The third-order valence-corrected chi connectivity index (χ3v) is 3.59. The lowest BCUT2D eigenvalue weighted by Crippen LogP contribution is -2.46. The molecule has 100 valence electrons. The maximum Gasteiger partial charge on any atom is 0.410 e. The van der Waals surface area contributed by atoms with Crippen LogP contribution in [-0.2, 0) is 4.74 Å². The molecule has 0 bridgehead atoms. The highest BCUT2D eigenvalue weighted by atomic mass is 32.1. The first-order valence-electron chi connectivity index (χ1n) is 6.07. The molecule has 0 spiro atoms. The third kappa shape index (κ3) is 4.76. The van der Waals surface area contributed by atoms with Crippen molar-refractivity contribution in [3.05, 3.63) is 0 Å². The Bertz CT molecular complexity index is 267. The molecule has 1 heterocycles. The molecule has 0 radical (unpaired) electrons. The minimum Gasteiger partial charge on any atom is -0.444 e. The Labute approximate surface area is 109 Å². The zero-order chi connectivity index (χ0) is 13.1. The first kappa shape index (κ1) is 14.6. The normalized spacial score (nSPS) is 20.2. The van der Waals surface area contributed by atoms with Crippen LogP contribution in [-0.4, -0.2) is 46.1 Å². The van der Waals surface area contributed by atoms with Crippen molar-refractivity contribution in [2.24, 2.45) is 0 Å². The van der Waals surface area contributed by atoms with Crippen molar-refractivity contribution in [3.63, 3.8) is 0 Å². The summed E-state index contributed by atoms with van der Waals surface area (Å²) in [4.78, 5) is 13.5. The van der Waals surface area contributed by atoms with Crippen LogP contribution in [0, 0.1) is 0 Å². The van der Waals surface area contributed by atoms with Crippen LogP contribution >= 0.6 is 12.6 Å². The van der Waals surface area contributed by atoms with Crippen molar-refractivity contribution in [3.8, 4) is 0 Å². The number of piperidine rings is 1. The van der Waals surface area contributed by atoms with Crippen LogP contribution in [0.5, 0.6) is 0 Å². The number of aliphatic hydroxyl groups is 1. The second kappa shape index (κ2) is 5.48. The number of aliphatic hydroxyl groups excluding tert-OH is 1. The quantitative estimate of drug-likeness (QED) is 0.748. The van der Waals surface area contributed by atoms with Crippen LogP contribution in [0.15, 0.2) is 0 Å². The molecule has 1 amide bonds. The minimum absolute atomic E-state index is 0.132. The molecule has 0 atom stereocenters. The van der Waals surface area contributed by atoms with Gasteiger partial charge in [0.2, 0.25) is 0 Å². The molecular formula is C12H23NO3S. The predicted molar refractivity (Wildman–Crippen MR) is 70.5 cm³/mol. The summed E-state index contributed by atoms with van der Waals surface area (Å²) in [6.07, 6.45) is 2.03. The second-order valence-electron chi connectivity index (χ2n) is 5.67. The van der Waals surface area contributed by atoms with Gasteiger partial charge in [0.15, 0.2) is 0 Å². The zero-order valence-electron chi connectivity index (χ0n) is 10.9. The maximum absolute atomic E-state index is 11.8. The molecule has 4 nitrogen and oxygen atoms in total. The number of likely N-dealkylation sites (tertiary alicyclic amines) is 1. The molecule has 1 saturated heterocycles. The van der Waals surface area contributed by atoms with E-state index in [1.54, 1.807) is 4.90 Å². The molecule has 0 aliphatic carbocycles. The third-order valence-electron chi connectivity index (χ3n) is 2.92. The lowest BCUT2D eigenvalue weighted by Gasteiger charge is -2.38. The Morgan fingerprint density at radius 2 is 1.94 bits per heavy atom. The van der Waals surface area contributed by atoms with Crippen LogP contribution in [0.1, 0.15) is 40.0 Å². The number of carbonyl (C=O) groups is 1. The first-order valence-corrected chi connectivity index (χ1v) is 6.52. The second-order valence-corrected chi connectivity index (χ2v) is 6.61. The Kier molecular flexibility index (Phi) is 4.72. The Hall–Kier alpha value is -0.420. The molecule has 0 saturated carbocycles. The molecule has 1 rings (SSSR count). The Balaban J connectivity index is 2.44. The van der Waals surface area contributed by atoms with Gasteiger partial charge in [-0.25, -0.2) is 4.79 Å². The van der Waals surface area contributed by atoms with Crippen molar-refractivity contribution in [2.75, 3.05) is 19.7 Å². The number of carbonyl (C=O) groups excluding carboxylic acids is 1. The SMILES string of the molecule is CC(C)(C)OC(=O)N1CCC(S)(CCO)CC1. The van der Waals surface area contributed by atoms with Gasteiger partial charge in [0.05, 0.1) is 0 Å². The molecule has 0 aromatic rings. The largest absolute Gasteiger partial charge is 0.444 e. The lowest BCUT2D eigenvalue weighted by atomic mass is 9.93. The number of rotatable bonds is 2. The average molecular weight is 261 g/mol. The predicted octanol–water partition coefficient (Wildman–Crippen LogP) is 2.07. The summed E-state index contributed by atoms with van der Waals surface area (Å²) in [7, 11) is 0. The molecule has 0 aromatic heterocycles. The summed E-state index contributed by atoms with van der Waals surface area (Å²) in [6, 6.07) is 0. The van der Waals surface area contributed by atoms with Crippen LogP contribution in [0.3, 0.4) is 0 Å². The Morgan fingerprint density at radius 3 is 2.35 bits per heavy atom. The van der Waals surface area contributed by atoms with E-state index in [2.05, 4.69) is 12.6 Å². The first-order chi connectivity index (χ1) is 7.76. The van der Waals surface area contributed by atoms with E-state index in [4.69, 9.17) is 9.84 Å². The van der Waals surface area contributed by atoms with Gasteiger partial charge in [0, 0.05) is 24.4 Å². The van der Waals surface area contributed by atoms with Crippen molar-refractivity contribution in [1.82, 2.24) is 4.90 Å². The topological polar surface area (TPSA) is 49.8 Å². The van der Waals surface area contributed by atoms with Gasteiger partial charge >= 0.3 is 6.09 Å². The van der Waals surface area contributed by atoms with Gasteiger partial charge in [-0.05, 0) is 40.0 Å². The van der Waals surface area contributed by atoms with E-state index >= 15 is 0 Å². The molecule has 1 N–H and O–H groups in total. The van der Waals surface area contributed by atoms with Gasteiger partial charge in [-0.2, -0.15) is 12.6 Å². The van der Waals surface area contributed by atoms with E-state index < -0.39 is 5.60 Å². The highest BCUT2D eigenvalue weighted by Gasteiger charge is 2.33. The average Bonchev–Trinajstić information content (AvgIpc) is 2.15. The van der Waals surface area contributed by atoms with Crippen LogP contribution in [0.25, 0.3) is 0 Å².